The van der Waals surface area contributed by atoms with Crippen molar-refractivity contribution in [3.05, 3.63) is 24.3 Å². The van der Waals surface area contributed by atoms with Crippen LogP contribution in [0.2, 0.25) is 0 Å². The number of nitrogens with one attached hydrogen (secondary N) is 1. The molecule has 1 atom stereocenters. The fraction of sp³-hybridized carbons (Fsp3) is 0.571. The topological polar surface area (TPSA) is 75.6 Å². The van der Waals surface area contributed by atoms with Gasteiger partial charge in [0, 0.05) is 18.2 Å². The van der Waals surface area contributed by atoms with Gasteiger partial charge in [-0.15, -0.1) is 0 Å². The normalized spacial score (nSPS) is 14.8. The highest BCUT2D eigenvalue weighted by molar-refractivity contribution is 7.90. The third-order valence-corrected chi connectivity index (χ3v) is 4.22. The summed E-state index contributed by atoms with van der Waals surface area (Å²) in [5, 5.41) is 12.6. The van der Waals surface area contributed by atoms with Crippen LogP contribution in [-0.2, 0) is 9.84 Å². The molecule has 0 bridgehead atoms. The van der Waals surface area contributed by atoms with E-state index in [1.165, 1.54) is 12.3 Å². The van der Waals surface area contributed by atoms with Crippen molar-refractivity contribution in [1.82, 2.24) is 5.32 Å². The minimum Gasteiger partial charge on any atom is -0.493 e. The van der Waals surface area contributed by atoms with Gasteiger partial charge in [-0.1, -0.05) is 13.0 Å². The molecule has 114 valence electrons. The van der Waals surface area contributed by atoms with Crippen molar-refractivity contribution in [3.8, 4) is 5.75 Å². The van der Waals surface area contributed by atoms with Crippen molar-refractivity contribution in [2.24, 2.45) is 0 Å². The number of likely N-dealkylation sites (N-methyl/N-ethyl adjacent to an activating group) is 1. The zero-order valence-electron chi connectivity index (χ0n) is 12.2. The molecular weight excluding hydrogens is 278 g/mol. The van der Waals surface area contributed by atoms with E-state index < -0.39 is 9.84 Å². The second-order valence-electron chi connectivity index (χ2n) is 5.09. The predicted molar refractivity (Wildman–Crippen MR) is 78.8 cm³/mol. The lowest BCUT2D eigenvalue weighted by Gasteiger charge is -2.28. The van der Waals surface area contributed by atoms with Crippen LogP contribution in [0.5, 0.6) is 5.75 Å². The SMILES string of the molecule is CCNC(C)(CO)CCOc1cccc(S(C)(=O)=O)c1. The van der Waals surface area contributed by atoms with Gasteiger partial charge in [0.2, 0.25) is 0 Å². The fourth-order valence-electron chi connectivity index (χ4n) is 1.84. The molecule has 0 amide bonds. The van der Waals surface area contributed by atoms with E-state index in [0.29, 0.717) is 18.8 Å². The summed E-state index contributed by atoms with van der Waals surface area (Å²) in [6.45, 7) is 5.09. The first-order chi connectivity index (χ1) is 9.30. The van der Waals surface area contributed by atoms with Crippen molar-refractivity contribution in [2.45, 2.75) is 30.7 Å². The van der Waals surface area contributed by atoms with Crippen LogP contribution in [0.4, 0.5) is 0 Å². The van der Waals surface area contributed by atoms with Gasteiger partial charge in [0.25, 0.3) is 0 Å². The van der Waals surface area contributed by atoms with Crippen LogP contribution in [-0.4, -0.2) is 45.1 Å². The second kappa shape index (κ2) is 7.06. The van der Waals surface area contributed by atoms with Crippen LogP contribution in [0.3, 0.4) is 0 Å². The first-order valence-electron chi connectivity index (χ1n) is 6.59. The Morgan fingerprint density at radius 3 is 2.65 bits per heavy atom. The summed E-state index contributed by atoms with van der Waals surface area (Å²) in [7, 11) is -3.22. The molecule has 1 aromatic rings. The predicted octanol–water partition coefficient (Wildman–Crippen LogP) is 1.22. The molecule has 0 heterocycles. The van der Waals surface area contributed by atoms with Gasteiger partial charge in [-0.3, -0.25) is 0 Å². The molecular formula is C14H23NO4S. The second-order valence-corrected chi connectivity index (χ2v) is 7.11. The average Bonchev–Trinajstić information content (AvgIpc) is 2.38. The number of aliphatic hydroxyl groups is 1. The highest BCUT2D eigenvalue weighted by atomic mass is 32.2. The smallest absolute Gasteiger partial charge is 0.175 e. The average molecular weight is 301 g/mol. The van der Waals surface area contributed by atoms with Crippen molar-refractivity contribution < 1.29 is 18.3 Å². The monoisotopic (exact) mass is 301 g/mol. The number of ether oxygens (including phenoxy) is 1. The molecule has 0 aromatic heterocycles. The third-order valence-electron chi connectivity index (χ3n) is 3.11. The van der Waals surface area contributed by atoms with E-state index in [-0.39, 0.29) is 17.0 Å². The number of rotatable bonds is 8. The van der Waals surface area contributed by atoms with Gasteiger partial charge in [-0.25, -0.2) is 8.42 Å². The molecule has 0 aliphatic heterocycles. The van der Waals surface area contributed by atoms with Crippen LogP contribution in [0, 0.1) is 0 Å². The highest BCUT2D eigenvalue weighted by Crippen LogP contribution is 2.18. The van der Waals surface area contributed by atoms with E-state index in [1.54, 1.807) is 18.2 Å². The summed E-state index contributed by atoms with van der Waals surface area (Å²) in [5.41, 5.74) is -0.386. The van der Waals surface area contributed by atoms with Gasteiger partial charge < -0.3 is 15.2 Å². The van der Waals surface area contributed by atoms with Gasteiger partial charge in [0.15, 0.2) is 9.84 Å². The van der Waals surface area contributed by atoms with Crippen molar-refractivity contribution in [2.75, 3.05) is 26.0 Å². The molecule has 6 heteroatoms. The third kappa shape index (κ3) is 5.11. The highest BCUT2D eigenvalue weighted by Gasteiger charge is 2.21. The Morgan fingerprint density at radius 1 is 1.40 bits per heavy atom. The first kappa shape index (κ1) is 16.9. The maximum absolute atomic E-state index is 11.5. The van der Waals surface area contributed by atoms with E-state index in [1.807, 2.05) is 13.8 Å². The van der Waals surface area contributed by atoms with Gasteiger partial charge in [0.05, 0.1) is 18.1 Å². The number of benzene rings is 1. The molecule has 0 saturated heterocycles. The lowest BCUT2D eigenvalue weighted by atomic mass is 10.00. The molecule has 0 aliphatic carbocycles. The molecule has 1 rings (SSSR count). The van der Waals surface area contributed by atoms with Crippen molar-refractivity contribution >= 4 is 9.84 Å². The van der Waals surface area contributed by atoms with E-state index in [0.717, 1.165) is 6.54 Å². The summed E-state index contributed by atoms with van der Waals surface area (Å²) in [4.78, 5) is 0.242. The quantitative estimate of drug-likeness (QED) is 0.755. The number of hydrogen-bond donors (Lipinski definition) is 2. The van der Waals surface area contributed by atoms with Crippen LogP contribution in [0.25, 0.3) is 0 Å². The zero-order chi connectivity index (χ0) is 15.2. The van der Waals surface area contributed by atoms with Gasteiger partial charge in [-0.05, 0) is 31.7 Å². The number of aliphatic hydroxyl groups excluding tert-OH is 1. The Morgan fingerprint density at radius 2 is 2.10 bits per heavy atom. The fourth-order valence-corrected chi connectivity index (χ4v) is 2.49. The summed E-state index contributed by atoms with van der Waals surface area (Å²) < 4.78 is 28.5. The van der Waals surface area contributed by atoms with E-state index >= 15 is 0 Å². The van der Waals surface area contributed by atoms with Gasteiger partial charge >= 0.3 is 0 Å². The zero-order valence-corrected chi connectivity index (χ0v) is 13.0. The summed E-state index contributed by atoms with van der Waals surface area (Å²) in [6, 6.07) is 6.43. The minimum atomic E-state index is -3.22. The molecule has 0 spiro atoms. The Hall–Kier alpha value is -1.11. The Bertz CT molecular complexity index is 530. The lowest BCUT2D eigenvalue weighted by molar-refractivity contribution is 0.146. The van der Waals surface area contributed by atoms with Gasteiger partial charge in [-0.2, -0.15) is 0 Å². The summed E-state index contributed by atoms with van der Waals surface area (Å²) in [6.07, 6.45) is 1.79. The van der Waals surface area contributed by atoms with Crippen molar-refractivity contribution in [1.29, 1.82) is 0 Å². The molecule has 5 nitrogen and oxygen atoms in total. The Kier molecular flexibility index (Phi) is 5.98. The first-order valence-corrected chi connectivity index (χ1v) is 8.49. The standard InChI is InChI=1S/C14H23NO4S/c1-4-15-14(2,11-16)8-9-19-12-6-5-7-13(10-12)20(3,17)18/h5-7,10,15-16H,4,8-9,11H2,1-3H3. The molecule has 0 radical (unpaired) electrons. The maximum Gasteiger partial charge on any atom is 0.175 e. The molecule has 1 aromatic carbocycles. The van der Waals surface area contributed by atoms with Crippen LogP contribution >= 0.6 is 0 Å². The summed E-state index contributed by atoms with van der Waals surface area (Å²) >= 11 is 0. The van der Waals surface area contributed by atoms with E-state index in [4.69, 9.17) is 4.74 Å². The van der Waals surface area contributed by atoms with Crippen LogP contribution in [0.1, 0.15) is 20.3 Å². The number of sulfone groups is 1. The van der Waals surface area contributed by atoms with Crippen LogP contribution < -0.4 is 10.1 Å². The Balaban J connectivity index is 2.63. The number of hydrogen-bond acceptors (Lipinski definition) is 5. The summed E-state index contributed by atoms with van der Waals surface area (Å²) in [5.74, 6) is 0.518. The minimum absolute atomic E-state index is 0.0214. The van der Waals surface area contributed by atoms with E-state index in [9.17, 15) is 13.5 Å². The van der Waals surface area contributed by atoms with E-state index in [2.05, 4.69) is 5.32 Å². The molecule has 1 unspecified atom stereocenters. The largest absolute Gasteiger partial charge is 0.493 e. The molecule has 2 N–H and O–H groups in total. The molecule has 0 aliphatic rings. The van der Waals surface area contributed by atoms with Crippen molar-refractivity contribution in [3.63, 3.8) is 0 Å². The van der Waals surface area contributed by atoms with Crippen LogP contribution in [0.15, 0.2) is 29.2 Å². The lowest BCUT2D eigenvalue weighted by Crippen LogP contribution is -2.46. The maximum atomic E-state index is 11.5. The van der Waals surface area contributed by atoms with Gasteiger partial charge in [0.1, 0.15) is 5.75 Å². The Labute approximate surface area is 120 Å². The molecule has 20 heavy (non-hydrogen) atoms. The molecule has 0 saturated carbocycles. The molecule has 0 fully saturated rings.